The minimum Gasteiger partial charge on any atom is -0.507 e. The van der Waals surface area contributed by atoms with Crippen LogP contribution in [-0.2, 0) is 13.0 Å². The van der Waals surface area contributed by atoms with Gasteiger partial charge in [0.2, 0.25) is 11.7 Å². The van der Waals surface area contributed by atoms with Crippen LogP contribution in [0.3, 0.4) is 0 Å². The molecule has 1 aromatic heterocycles. The molecule has 29 heavy (non-hydrogen) atoms. The van der Waals surface area contributed by atoms with Crippen molar-refractivity contribution in [3.63, 3.8) is 0 Å². The zero-order valence-electron chi connectivity index (χ0n) is 15.6. The van der Waals surface area contributed by atoms with Crippen LogP contribution in [0, 0.1) is 0 Å². The Kier molecular flexibility index (Phi) is 5.33. The molecule has 3 aromatic carbocycles. The van der Waals surface area contributed by atoms with Crippen molar-refractivity contribution < 1.29 is 14.4 Å². The summed E-state index contributed by atoms with van der Waals surface area (Å²) in [7, 11) is 0. The summed E-state index contributed by atoms with van der Waals surface area (Å²) < 4.78 is 5.20. The molecular weight excluding hydrogens is 366 g/mol. The molecule has 0 aliphatic heterocycles. The van der Waals surface area contributed by atoms with Gasteiger partial charge in [-0.05, 0) is 29.7 Å². The molecule has 0 aliphatic rings. The quantitative estimate of drug-likeness (QED) is 0.524. The standard InChI is InChI=1S/C23H19N3O3/c27-20-12-11-17(13-16-7-3-1-4-8-16)14-19(20)23(28)24-15-21-25-22(26-29-21)18-9-5-2-6-10-18/h1-12,14,27H,13,15H2,(H,24,28). The number of amides is 1. The Morgan fingerprint density at radius 1 is 0.931 bits per heavy atom. The zero-order chi connectivity index (χ0) is 20.1. The molecule has 6 nitrogen and oxygen atoms in total. The summed E-state index contributed by atoms with van der Waals surface area (Å²) in [6, 6.07) is 24.4. The molecule has 0 saturated carbocycles. The van der Waals surface area contributed by atoms with E-state index in [1.54, 1.807) is 6.07 Å². The highest BCUT2D eigenvalue weighted by molar-refractivity contribution is 5.96. The van der Waals surface area contributed by atoms with Crippen LogP contribution in [0.15, 0.2) is 83.4 Å². The second-order valence-corrected chi connectivity index (χ2v) is 6.57. The van der Waals surface area contributed by atoms with Crippen molar-refractivity contribution in [2.75, 3.05) is 0 Å². The largest absolute Gasteiger partial charge is 0.507 e. The lowest BCUT2D eigenvalue weighted by Crippen LogP contribution is -2.23. The number of carbonyl (C=O) groups excluding carboxylic acids is 1. The lowest BCUT2D eigenvalue weighted by atomic mass is 10.0. The predicted molar refractivity (Wildman–Crippen MR) is 108 cm³/mol. The second kappa shape index (κ2) is 8.39. The number of carbonyl (C=O) groups is 1. The number of hydrogen-bond donors (Lipinski definition) is 2. The first-order chi connectivity index (χ1) is 14.2. The lowest BCUT2D eigenvalue weighted by molar-refractivity contribution is 0.0943. The number of aromatic nitrogens is 2. The maximum Gasteiger partial charge on any atom is 0.255 e. The van der Waals surface area contributed by atoms with Crippen molar-refractivity contribution >= 4 is 5.91 Å². The first-order valence-electron chi connectivity index (χ1n) is 9.21. The van der Waals surface area contributed by atoms with E-state index in [2.05, 4.69) is 15.5 Å². The molecule has 1 heterocycles. The third-order valence-electron chi connectivity index (χ3n) is 4.46. The minimum absolute atomic E-state index is 0.0705. The second-order valence-electron chi connectivity index (χ2n) is 6.57. The van der Waals surface area contributed by atoms with E-state index in [-0.39, 0.29) is 23.7 Å². The Hall–Kier alpha value is -3.93. The first kappa shape index (κ1) is 18.4. The summed E-state index contributed by atoms with van der Waals surface area (Å²) >= 11 is 0. The van der Waals surface area contributed by atoms with Gasteiger partial charge in [0.1, 0.15) is 5.75 Å². The van der Waals surface area contributed by atoms with Crippen LogP contribution in [0.1, 0.15) is 27.4 Å². The van der Waals surface area contributed by atoms with Crippen molar-refractivity contribution in [2.45, 2.75) is 13.0 Å². The smallest absolute Gasteiger partial charge is 0.255 e. The molecule has 0 aliphatic carbocycles. The number of rotatable bonds is 6. The molecule has 4 aromatic rings. The van der Waals surface area contributed by atoms with Gasteiger partial charge in [-0.1, -0.05) is 71.9 Å². The summed E-state index contributed by atoms with van der Waals surface area (Å²) in [4.78, 5) is 16.8. The van der Waals surface area contributed by atoms with Gasteiger partial charge in [-0.3, -0.25) is 4.79 Å². The Labute approximate surface area is 167 Å². The van der Waals surface area contributed by atoms with Gasteiger partial charge in [-0.15, -0.1) is 0 Å². The van der Waals surface area contributed by atoms with Crippen LogP contribution in [0.25, 0.3) is 11.4 Å². The summed E-state index contributed by atoms with van der Waals surface area (Å²) in [6.07, 6.45) is 0.672. The van der Waals surface area contributed by atoms with Gasteiger partial charge in [0.05, 0.1) is 12.1 Å². The van der Waals surface area contributed by atoms with Crippen LogP contribution in [0.4, 0.5) is 0 Å². The zero-order valence-corrected chi connectivity index (χ0v) is 15.6. The van der Waals surface area contributed by atoms with E-state index in [4.69, 9.17) is 4.52 Å². The fourth-order valence-corrected chi connectivity index (χ4v) is 2.99. The van der Waals surface area contributed by atoms with E-state index in [1.807, 2.05) is 66.7 Å². The molecule has 144 valence electrons. The average Bonchev–Trinajstić information content (AvgIpc) is 3.24. The molecule has 0 spiro atoms. The molecule has 1 amide bonds. The fourth-order valence-electron chi connectivity index (χ4n) is 2.99. The normalized spacial score (nSPS) is 10.6. The molecule has 0 saturated heterocycles. The molecule has 4 rings (SSSR count). The Morgan fingerprint density at radius 3 is 2.41 bits per heavy atom. The van der Waals surface area contributed by atoms with Gasteiger partial charge < -0.3 is 14.9 Å². The van der Waals surface area contributed by atoms with Crippen molar-refractivity contribution in [3.05, 3.63) is 101 Å². The maximum absolute atomic E-state index is 12.6. The number of nitrogens with one attached hydrogen (secondary N) is 1. The number of benzene rings is 3. The van der Waals surface area contributed by atoms with Gasteiger partial charge in [0.25, 0.3) is 5.91 Å². The van der Waals surface area contributed by atoms with Crippen LogP contribution in [-0.4, -0.2) is 21.2 Å². The SMILES string of the molecule is O=C(NCc1nc(-c2ccccc2)no1)c1cc(Cc2ccccc2)ccc1O. The molecule has 0 radical (unpaired) electrons. The van der Waals surface area contributed by atoms with E-state index < -0.39 is 5.91 Å². The van der Waals surface area contributed by atoms with Gasteiger partial charge in [-0.25, -0.2) is 0 Å². The highest BCUT2D eigenvalue weighted by atomic mass is 16.5. The highest BCUT2D eigenvalue weighted by Gasteiger charge is 2.14. The number of hydrogen-bond acceptors (Lipinski definition) is 5. The van der Waals surface area contributed by atoms with E-state index in [9.17, 15) is 9.90 Å². The molecule has 2 N–H and O–H groups in total. The Balaban J connectivity index is 1.43. The number of aromatic hydroxyl groups is 1. The van der Waals surface area contributed by atoms with Gasteiger partial charge in [0, 0.05) is 5.56 Å². The van der Waals surface area contributed by atoms with Gasteiger partial charge in [-0.2, -0.15) is 4.98 Å². The topological polar surface area (TPSA) is 88.3 Å². The molecule has 0 unspecified atom stereocenters. The van der Waals surface area contributed by atoms with E-state index in [0.29, 0.717) is 12.2 Å². The van der Waals surface area contributed by atoms with Crippen LogP contribution < -0.4 is 5.32 Å². The van der Waals surface area contributed by atoms with Crippen LogP contribution in [0.5, 0.6) is 5.75 Å². The minimum atomic E-state index is -0.406. The van der Waals surface area contributed by atoms with Crippen molar-refractivity contribution in [1.29, 1.82) is 0 Å². The van der Waals surface area contributed by atoms with Crippen LogP contribution in [0.2, 0.25) is 0 Å². The van der Waals surface area contributed by atoms with Gasteiger partial charge in [0.15, 0.2) is 0 Å². The summed E-state index contributed by atoms with van der Waals surface area (Å²) in [5, 5.41) is 16.8. The molecule has 0 fully saturated rings. The predicted octanol–water partition coefficient (Wildman–Crippen LogP) is 3.96. The molecule has 6 heteroatoms. The Morgan fingerprint density at radius 2 is 1.66 bits per heavy atom. The number of phenols is 1. The van der Waals surface area contributed by atoms with Gasteiger partial charge >= 0.3 is 0 Å². The summed E-state index contributed by atoms with van der Waals surface area (Å²) in [6.45, 7) is 0.0705. The number of phenolic OH excluding ortho intramolecular Hbond substituents is 1. The molecule has 0 atom stereocenters. The summed E-state index contributed by atoms with van der Waals surface area (Å²) in [5.41, 5.74) is 3.11. The third-order valence-corrected chi connectivity index (χ3v) is 4.46. The molecule has 0 bridgehead atoms. The summed E-state index contributed by atoms with van der Waals surface area (Å²) in [5.74, 6) is 0.270. The lowest BCUT2D eigenvalue weighted by Gasteiger charge is -2.08. The maximum atomic E-state index is 12.6. The third kappa shape index (κ3) is 4.50. The highest BCUT2D eigenvalue weighted by Crippen LogP contribution is 2.21. The monoisotopic (exact) mass is 385 g/mol. The first-order valence-corrected chi connectivity index (χ1v) is 9.21. The van der Waals surface area contributed by atoms with Crippen molar-refractivity contribution in [1.82, 2.24) is 15.5 Å². The fraction of sp³-hybridized carbons (Fsp3) is 0.0870. The average molecular weight is 385 g/mol. The number of nitrogens with zero attached hydrogens (tertiary/aromatic N) is 2. The Bertz CT molecular complexity index is 1110. The van der Waals surface area contributed by atoms with E-state index in [0.717, 1.165) is 16.7 Å². The van der Waals surface area contributed by atoms with Crippen LogP contribution >= 0.6 is 0 Å². The molecular formula is C23H19N3O3. The van der Waals surface area contributed by atoms with E-state index >= 15 is 0 Å². The van der Waals surface area contributed by atoms with Crippen molar-refractivity contribution in [2.24, 2.45) is 0 Å². The van der Waals surface area contributed by atoms with Crippen molar-refractivity contribution in [3.8, 4) is 17.1 Å². The van der Waals surface area contributed by atoms with E-state index in [1.165, 1.54) is 6.07 Å².